The maximum absolute atomic E-state index is 11.2. The van der Waals surface area contributed by atoms with Crippen LogP contribution in [-0.2, 0) is 16.4 Å². The highest BCUT2D eigenvalue weighted by atomic mass is 127. The number of aliphatic imine (C=N–C) groups is 1. The summed E-state index contributed by atoms with van der Waals surface area (Å²) in [6.07, 6.45) is 2.18. The average Bonchev–Trinajstić information content (AvgIpc) is 2.54. The average molecular weight is 496 g/mol. The van der Waals surface area contributed by atoms with Crippen LogP contribution in [0.1, 0.15) is 25.8 Å². The number of sulfone groups is 1. The van der Waals surface area contributed by atoms with E-state index in [2.05, 4.69) is 58.8 Å². The highest BCUT2D eigenvalue weighted by Gasteiger charge is 2.09. The molecule has 0 bridgehead atoms. The van der Waals surface area contributed by atoms with Gasteiger partial charge >= 0.3 is 0 Å². The smallest absolute Gasteiger partial charge is 0.191 e. The van der Waals surface area contributed by atoms with E-state index >= 15 is 0 Å². The van der Waals surface area contributed by atoms with E-state index < -0.39 is 9.84 Å². The van der Waals surface area contributed by atoms with Crippen LogP contribution in [0.15, 0.2) is 35.3 Å². The van der Waals surface area contributed by atoms with E-state index in [1.54, 1.807) is 0 Å². The van der Waals surface area contributed by atoms with Gasteiger partial charge in [-0.3, -0.25) is 9.89 Å². The minimum atomic E-state index is -2.96. The highest BCUT2D eigenvalue weighted by molar-refractivity contribution is 14.0. The molecule has 0 aliphatic heterocycles. The molecule has 26 heavy (non-hydrogen) atoms. The van der Waals surface area contributed by atoms with Gasteiger partial charge in [-0.2, -0.15) is 0 Å². The maximum atomic E-state index is 11.2. The summed E-state index contributed by atoms with van der Waals surface area (Å²) < 4.78 is 22.4. The van der Waals surface area contributed by atoms with Crippen LogP contribution in [-0.4, -0.2) is 64.0 Å². The molecule has 8 heteroatoms. The second-order valence-electron chi connectivity index (χ2n) is 6.36. The van der Waals surface area contributed by atoms with Gasteiger partial charge in [-0.25, -0.2) is 8.42 Å². The van der Waals surface area contributed by atoms with Crippen molar-refractivity contribution in [2.45, 2.75) is 32.9 Å². The molecular weight excluding hydrogens is 463 g/mol. The molecule has 0 aliphatic carbocycles. The zero-order valence-electron chi connectivity index (χ0n) is 16.2. The first kappa shape index (κ1) is 25.1. The summed E-state index contributed by atoms with van der Waals surface area (Å²) in [5.74, 6) is 0.775. The summed E-state index contributed by atoms with van der Waals surface area (Å²) >= 11 is 0. The zero-order valence-corrected chi connectivity index (χ0v) is 19.4. The lowest BCUT2D eigenvalue weighted by Crippen LogP contribution is -2.39. The van der Waals surface area contributed by atoms with E-state index in [-0.39, 0.29) is 29.7 Å². The second-order valence-corrected chi connectivity index (χ2v) is 8.62. The molecule has 0 amide bonds. The van der Waals surface area contributed by atoms with Gasteiger partial charge < -0.3 is 10.6 Å². The molecular formula is C18H33IN4O2S. The van der Waals surface area contributed by atoms with Crippen molar-refractivity contribution in [3.63, 3.8) is 0 Å². The first-order valence-corrected chi connectivity index (χ1v) is 10.8. The fourth-order valence-corrected chi connectivity index (χ4v) is 2.78. The third-order valence-electron chi connectivity index (χ3n) is 3.95. The van der Waals surface area contributed by atoms with Gasteiger partial charge in [0.25, 0.3) is 0 Å². The molecule has 1 aromatic carbocycles. The number of halogens is 1. The van der Waals surface area contributed by atoms with Crippen molar-refractivity contribution < 1.29 is 8.42 Å². The molecule has 2 N–H and O–H groups in total. The van der Waals surface area contributed by atoms with Crippen molar-refractivity contribution in [1.82, 2.24) is 15.5 Å². The van der Waals surface area contributed by atoms with Gasteiger partial charge in [0.1, 0.15) is 9.84 Å². The van der Waals surface area contributed by atoms with Crippen LogP contribution in [0.5, 0.6) is 0 Å². The molecule has 0 fully saturated rings. The first-order chi connectivity index (χ1) is 11.8. The van der Waals surface area contributed by atoms with Gasteiger partial charge in [0.2, 0.25) is 0 Å². The van der Waals surface area contributed by atoms with Gasteiger partial charge in [-0.1, -0.05) is 30.3 Å². The SMILES string of the molecule is CCNC(=NCCC(C)N(C)Cc1ccccc1)NCCS(C)(=O)=O.I. The fourth-order valence-electron chi connectivity index (χ4n) is 2.31. The molecule has 1 rings (SSSR count). The fraction of sp³-hybridized carbons (Fsp3) is 0.611. The lowest BCUT2D eigenvalue weighted by atomic mass is 10.1. The lowest BCUT2D eigenvalue weighted by molar-refractivity contribution is 0.240. The molecule has 150 valence electrons. The number of benzene rings is 1. The molecule has 0 aliphatic rings. The Kier molecular flexibility index (Phi) is 12.9. The second kappa shape index (κ2) is 13.3. The summed E-state index contributed by atoms with van der Waals surface area (Å²) in [5, 5.41) is 6.21. The van der Waals surface area contributed by atoms with Crippen LogP contribution < -0.4 is 10.6 Å². The van der Waals surface area contributed by atoms with E-state index in [0.717, 1.165) is 19.5 Å². The van der Waals surface area contributed by atoms with E-state index in [0.29, 0.717) is 25.1 Å². The first-order valence-electron chi connectivity index (χ1n) is 8.76. The van der Waals surface area contributed by atoms with Crippen LogP contribution in [0.2, 0.25) is 0 Å². The van der Waals surface area contributed by atoms with Crippen LogP contribution >= 0.6 is 24.0 Å². The van der Waals surface area contributed by atoms with Gasteiger partial charge in [-0.15, -0.1) is 24.0 Å². The van der Waals surface area contributed by atoms with Crippen molar-refractivity contribution in [3.8, 4) is 0 Å². The van der Waals surface area contributed by atoms with E-state index in [4.69, 9.17) is 0 Å². The van der Waals surface area contributed by atoms with Crippen LogP contribution in [0, 0.1) is 0 Å². The van der Waals surface area contributed by atoms with Crippen molar-refractivity contribution in [2.24, 2.45) is 4.99 Å². The van der Waals surface area contributed by atoms with Crippen molar-refractivity contribution in [3.05, 3.63) is 35.9 Å². The number of nitrogens with one attached hydrogen (secondary N) is 2. The highest BCUT2D eigenvalue weighted by Crippen LogP contribution is 2.08. The van der Waals surface area contributed by atoms with Crippen molar-refractivity contribution >= 4 is 39.8 Å². The molecule has 1 unspecified atom stereocenters. The Balaban J connectivity index is 0.00000625. The standard InChI is InChI=1S/C18H32N4O2S.HI/c1-5-19-18(21-13-14-25(4,23)24)20-12-11-16(2)22(3)15-17-9-7-6-8-10-17;/h6-10,16H,5,11-15H2,1-4H3,(H2,19,20,21);1H. The van der Waals surface area contributed by atoms with Crippen molar-refractivity contribution in [2.75, 3.05) is 38.7 Å². The van der Waals surface area contributed by atoms with Gasteiger partial charge in [0, 0.05) is 38.5 Å². The normalized spacial score (nSPS) is 13.2. The number of hydrogen-bond donors (Lipinski definition) is 2. The number of hydrogen-bond acceptors (Lipinski definition) is 4. The number of guanidine groups is 1. The largest absolute Gasteiger partial charge is 0.357 e. The summed E-state index contributed by atoms with van der Waals surface area (Å²) in [6, 6.07) is 10.8. The monoisotopic (exact) mass is 496 g/mol. The Hall–Kier alpha value is -0.870. The molecule has 1 aromatic rings. The Morgan fingerprint density at radius 2 is 1.88 bits per heavy atom. The molecule has 0 saturated heterocycles. The number of rotatable bonds is 10. The third-order valence-corrected chi connectivity index (χ3v) is 4.90. The Labute approximate surface area is 175 Å². The van der Waals surface area contributed by atoms with Crippen LogP contribution in [0.4, 0.5) is 0 Å². The van der Waals surface area contributed by atoms with Gasteiger partial charge in [-0.05, 0) is 32.9 Å². The quantitative estimate of drug-likeness (QED) is 0.295. The molecule has 1 atom stereocenters. The number of nitrogens with zero attached hydrogens (tertiary/aromatic N) is 2. The molecule has 0 radical (unpaired) electrons. The van der Waals surface area contributed by atoms with Gasteiger partial charge in [0.15, 0.2) is 5.96 Å². The topological polar surface area (TPSA) is 73.8 Å². The summed E-state index contributed by atoms with van der Waals surface area (Å²) in [4.78, 5) is 6.85. The van der Waals surface area contributed by atoms with E-state index in [1.165, 1.54) is 11.8 Å². The zero-order chi connectivity index (χ0) is 18.7. The van der Waals surface area contributed by atoms with Gasteiger partial charge in [0.05, 0.1) is 5.75 Å². The molecule has 0 spiro atoms. The van der Waals surface area contributed by atoms with E-state index in [1.807, 2.05) is 13.0 Å². The Morgan fingerprint density at radius 3 is 2.46 bits per heavy atom. The Bertz CT molecular complexity index is 623. The summed E-state index contributed by atoms with van der Waals surface area (Å²) in [5.41, 5.74) is 1.30. The maximum Gasteiger partial charge on any atom is 0.191 e. The predicted molar refractivity (Wildman–Crippen MR) is 121 cm³/mol. The molecule has 6 nitrogen and oxygen atoms in total. The van der Waals surface area contributed by atoms with Crippen LogP contribution in [0.3, 0.4) is 0 Å². The minimum absolute atomic E-state index is 0. The Morgan fingerprint density at radius 1 is 1.23 bits per heavy atom. The van der Waals surface area contributed by atoms with Crippen molar-refractivity contribution in [1.29, 1.82) is 0 Å². The molecule has 0 aromatic heterocycles. The van der Waals surface area contributed by atoms with E-state index in [9.17, 15) is 8.42 Å². The predicted octanol–water partition coefficient (Wildman–Crippen LogP) is 2.11. The van der Waals surface area contributed by atoms with Crippen LogP contribution in [0.25, 0.3) is 0 Å². The lowest BCUT2D eigenvalue weighted by Gasteiger charge is -2.24. The molecule has 0 saturated carbocycles. The summed E-state index contributed by atoms with van der Waals surface area (Å²) in [7, 11) is -0.840. The minimum Gasteiger partial charge on any atom is -0.357 e. The summed E-state index contributed by atoms with van der Waals surface area (Å²) in [6.45, 7) is 6.90. The molecule has 0 heterocycles. The third kappa shape index (κ3) is 11.7.